The van der Waals surface area contributed by atoms with Crippen molar-refractivity contribution in [3.63, 3.8) is 0 Å². The molecule has 0 aromatic heterocycles. The van der Waals surface area contributed by atoms with Crippen LogP contribution in [0.15, 0.2) is 371 Å². The molecule has 146 heavy (non-hydrogen) atoms. The number of para-hydroxylation sites is 1. The Bertz CT molecular complexity index is 7230. The first-order chi connectivity index (χ1) is 69.9. The SMILES string of the molecule is CCCN(Cc1ccc(OC)cc1)S(=O)(=O)c1ccc(C(=O)O)cc1.COc1cc(OC)c(CN(Cc2ccccc2)S(=O)(=O)c2ccc(C(=O)O)cc2)c(OC)c1.COc1ccc(CN(CCc2ccccc2)S(=O)(=O)c2ccc(C(=O)O)cc2)cc1.COc1ccc(CN(Cc2ccccc2)S(=O)(=O)Cc2ccc(C(=O)O)cc2)cc1.COc1ccc(CN(c2ccccc2)S(=O)(=O)c2ccc(C(=O)O)cc2)cc1. The number of carboxylic acids is 5. The molecule has 14 aromatic rings. The minimum atomic E-state index is -4.01. The number of rotatable bonds is 43. The molecule has 0 bridgehead atoms. The summed E-state index contributed by atoms with van der Waals surface area (Å²) in [4.78, 5) is 55.4. The van der Waals surface area contributed by atoms with Crippen LogP contribution in [0.25, 0.3) is 0 Å². The Morgan fingerprint density at radius 3 is 0.801 bits per heavy atom. The first-order valence-electron chi connectivity index (χ1n) is 45.0. The van der Waals surface area contributed by atoms with Crippen LogP contribution in [0.2, 0.25) is 0 Å². The molecule has 5 N–H and O–H groups in total. The van der Waals surface area contributed by atoms with E-state index in [0.717, 1.165) is 38.9 Å². The van der Waals surface area contributed by atoms with Crippen LogP contribution in [-0.4, -0.2) is 178 Å². The minimum Gasteiger partial charge on any atom is -0.497 e. The van der Waals surface area contributed by atoms with Gasteiger partial charge in [0.1, 0.15) is 40.2 Å². The van der Waals surface area contributed by atoms with E-state index in [1.165, 1.54) is 164 Å². The van der Waals surface area contributed by atoms with Gasteiger partial charge in [0.05, 0.1) is 121 Å². The lowest BCUT2D eigenvalue weighted by molar-refractivity contribution is 0.0686. The molecule has 14 rings (SSSR count). The molecule has 0 saturated carbocycles. The molecule has 0 aliphatic carbocycles. The average molecular weight is 2080 g/mol. The Kier molecular flexibility index (Phi) is 41.3. The van der Waals surface area contributed by atoms with Crippen molar-refractivity contribution in [2.45, 2.75) is 90.9 Å². The van der Waals surface area contributed by atoms with Crippen molar-refractivity contribution in [1.29, 1.82) is 0 Å². The van der Waals surface area contributed by atoms with Gasteiger partial charge in [-0.3, -0.25) is 4.31 Å². The lowest BCUT2D eigenvalue weighted by Crippen LogP contribution is -2.32. The van der Waals surface area contributed by atoms with Gasteiger partial charge in [0.2, 0.25) is 40.1 Å². The van der Waals surface area contributed by atoms with Gasteiger partial charge in [0.25, 0.3) is 10.0 Å². The van der Waals surface area contributed by atoms with Crippen molar-refractivity contribution in [2.75, 3.05) is 67.2 Å². The van der Waals surface area contributed by atoms with Crippen LogP contribution in [0.5, 0.6) is 40.2 Å². The van der Waals surface area contributed by atoms with E-state index in [-0.39, 0.29) is 99.0 Å². The predicted octanol–water partition coefficient (Wildman–Crippen LogP) is 18.3. The zero-order chi connectivity index (χ0) is 106. The van der Waals surface area contributed by atoms with Crippen LogP contribution in [0, 0.1) is 0 Å². The van der Waals surface area contributed by atoms with Gasteiger partial charge in [-0.05, 0) is 227 Å². The van der Waals surface area contributed by atoms with Gasteiger partial charge in [-0.2, -0.15) is 17.2 Å². The maximum Gasteiger partial charge on any atom is 0.335 e. The Morgan fingerprint density at radius 1 is 0.247 bits per heavy atom. The maximum atomic E-state index is 13.6. The molecule has 0 spiro atoms. The molecule has 0 amide bonds. The van der Waals surface area contributed by atoms with E-state index in [0.29, 0.717) is 83.0 Å². The third-order valence-corrected chi connectivity index (χ3v) is 31.5. The number of benzene rings is 14. The summed E-state index contributed by atoms with van der Waals surface area (Å²) in [6.45, 7) is 3.61. The molecule has 14 aromatic carbocycles. The van der Waals surface area contributed by atoms with Gasteiger partial charge in [0, 0.05) is 64.5 Å². The maximum absolute atomic E-state index is 13.6. The number of carboxylic acid groups (broad SMARTS) is 5. The number of hydrogen-bond acceptors (Lipinski definition) is 22. The Balaban J connectivity index is 0.000000187. The summed E-state index contributed by atoms with van der Waals surface area (Å²) in [7, 11) is -8.32. The van der Waals surface area contributed by atoms with Gasteiger partial charge in [-0.15, -0.1) is 0 Å². The second-order valence-electron chi connectivity index (χ2n) is 32.3. The van der Waals surface area contributed by atoms with E-state index in [1.54, 1.807) is 126 Å². The van der Waals surface area contributed by atoms with Crippen LogP contribution in [0.1, 0.15) is 115 Å². The van der Waals surface area contributed by atoms with E-state index in [4.69, 9.17) is 58.7 Å². The van der Waals surface area contributed by atoms with Crippen molar-refractivity contribution in [3.05, 3.63) is 430 Å². The largest absolute Gasteiger partial charge is 0.497 e. The summed E-state index contributed by atoms with van der Waals surface area (Å²) in [6.07, 6.45) is 1.23. The smallest absolute Gasteiger partial charge is 0.335 e. The number of nitrogens with zero attached hydrogens (tertiary/aromatic N) is 5. The van der Waals surface area contributed by atoms with Crippen molar-refractivity contribution < 1.29 is 125 Å². The number of hydrogen-bond donors (Lipinski definition) is 5. The number of carbonyl (C=O) groups is 5. The van der Waals surface area contributed by atoms with Crippen LogP contribution in [0.4, 0.5) is 5.69 Å². The summed E-state index contributed by atoms with van der Waals surface area (Å²) in [6, 6.07) is 96.0. The Hall–Kier alpha value is -15.6. The highest BCUT2D eigenvalue weighted by molar-refractivity contribution is 7.93. The van der Waals surface area contributed by atoms with Crippen molar-refractivity contribution in [3.8, 4) is 40.2 Å². The summed E-state index contributed by atoms with van der Waals surface area (Å²) in [5, 5.41) is 45.2. The molecular formula is C109H111N5O27S5. The number of ether oxygens (including phenoxy) is 7. The van der Waals surface area contributed by atoms with Crippen LogP contribution < -0.4 is 37.5 Å². The molecule has 32 nitrogen and oxygen atoms in total. The Labute approximate surface area is 849 Å². The van der Waals surface area contributed by atoms with Gasteiger partial charge < -0.3 is 58.7 Å². The predicted molar refractivity (Wildman–Crippen MR) is 552 cm³/mol. The monoisotopic (exact) mass is 2080 g/mol. The lowest BCUT2D eigenvalue weighted by Gasteiger charge is -2.25. The topological polar surface area (TPSA) is 438 Å². The standard InChI is InChI=1S/C24H25NO7S.2C23H23NO5S.C21H19NO5S.C18H21NO5S/c1-30-19-13-22(31-2)21(23(14-19)32-3)16-25(15-17-7-5-4-6-8-17)33(28,29)20-11-9-18(10-12-20)24(26)27;1-29-22-13-9-19(10-14-22)16-24(15-18-5-3-2-4-6-18)30(27,28)17-20-7-11-21(12-8-20)23(25)26;1-29-21-11-7-19(8-12-21)17-24(16-15-18-5-3-2-4-6-18)30(27,28)22-13-9-20(10-14-22)23(25)26;1-27-19-11-7-16(8-12-19)15-22(18-5-3-2-4-6-18)28(25,26)20-13-9-17(10-14-20)21(23)24;1-3-12-19(13-14-4-8-16(24-2)9-5-14)25(22,23)17-10-6-15(7-11-17)18(20)21/h4-14H,15-16H2,1-3H3,(H,26,27);2*2-14H,15-17H2,1H3,(H,25,26);2-14H,15H2,1H3,(H,23,24);4-11H,3,12-13H2,1-2H3,(H,20,21). The molecule has 0 saturated heterocycles. The molecule has 0 radical (unpaired) electrons. The van der Waals surface area contributed by atoms with Crippen LogP contribution in [0.3, 0.4) is 0 Å². The lowest BCUT2D eigenvalue weighted by atomic mass is 10.1. The van der Waals surface area contributed by atoms with E-state index in [9.17, 15) is 66.1 Å². The highest BCUT2D eigenvalue weighted by atomic mass is 32.2. The van der Waals surface area contributed by atoms with E-state index in [1.807, 2.05) is 140 Å². The number of aromatic carboxylic acids is 5. The molecule has 0 aliphatic heterocycles. The van der Waals surface area contributed by atoms with Crippen molar-refractivity contribution in [2.24, 2.45) is 0 Å². The van der Waals surface area contributed by atoms with Crippen LogP contribution in [-0.2, 0) is 108 Å². The molecular weight excluding hydrogens is 1970 g/mol. The zero-order valence-corrected chi connectivity index (χ0v) is 85.0. The first kappa shape index (κ1) is 112. The highest BCUT2D eigenvalue weighted by Crippen LogP contribution is 2.38. The number of methoxy groups -OCH3 is 7. The first-order valence-corrected chi connectivity index (χ1v) is 52.4. The van der Waals surface area contributed by atoms with E-state index < -0.39 is 80.0 Å². The molecule has 0 unspecified atom stereocenters. The fraction of sp³-hybridized carbons (Fsp3) is 0.183. The number of sulfonamides is 5. The van der Waals surface area contributed by atoms with Gasteiger partial charge in [0.15, 0.2) is 0 Å². The highest BCUT2D eigenvalue weighted by Gasteiger charge is 2.33. The number of anilines is 1. The fourth-order valence-corrected chi connectivity index (χ4v) is 21.8. The Morgan fingerprint density at radius 2 is 0.500 bits per heavy atom. The summed E-state index contributed by atoms with van der Waals surface area (Å²) in [5.74, 6) is -1.56. The average Bonchev–Trinajstić information content (AvgIpc) is 0.792. The van der Waals surface area contributed by atoms with Crippen LogP contribution >= 0.6 is 0 Å². The third kappa shape index (κ3) is 32.0. The summed E-state index contributed by atoms with van der Waals surface area (Å²) in [5.41, 5.74) is 7.84. The molecule has 764 valence electrons. The normalized spacial score (nSPS) is 11.3. The van der Waals surface area contributed by atoms with E-state index >= 15 is 0 Å². The van der Waals surface area contributed by atoms with Gasteiger partial charge in [-0.25, -0.2) is 66.1 Å². The molecule has 0 aliphatic rings. The molecule has 37 heteroatoms. The summed E-state index contributed by atoms with van der Waals surface area (Å²) < 4.78 is 176. The zero-order valence-electron chi connectivity index (χ0n) is 81.0. The van der Waals surface area contributed by atoms with Crippen molar-refractivity contribution in [1.82, 2.24) is 17.2 Å². The quantitative estimate of drug-likeness (QED) is 0.0237. The van der Waals surface area contributed by atoms with E-state index in [2.05, 4.69) is 0 Å². The molecule has 0 atom stereocenters. The second-order valence-corrected chi connectivity index (χ2v) is 41.9. The van der Waals surface area contributed by atoms with Gasteiger partial charge in [-0.1, -0.05) is 177 Å². The molecule has 0 fully saturated rings. The third-order valence-electron chi connectivity index (χ3n) is 22.5. The molecule has 0 heterocycles. The summed E-state index contributed by atoms with van der Waals surface area (Å²) >= 11 is 0. The van der Waals surface area contributed by atoms with Crippen molar-refractivity contribution >= 4 is 85.7 Å². The second kappa shape index (κ2) is 53.7. The minimum absolute atomic E-state index is 0.00190. The fourth-order valence-electron chi connectivity index (χ4n) is 14.5. The van der Waals surface area contributed by atoms with Gasteiger partial charge >= 0.3 is 29.8 Å².